The Morgan fingerprint density at radius 3 is 2.41 bits per heavy atom. The number of rotatable bonds is 6. The fourth-order valence-corrected chi connectivity index (χ4v) is 4.29. The van der Waals surface area contributed by atoms with Crippen LogP contribution in [0.4, 0.5) is 0 Å². The van der Waals surface area contributed by atoms with Crippen LogP contribution in [0.2, 0.25) is 0 Å². The molecule has 1 saturated heterocycles. The molecule has 2 aliphatic rings. The van der Waals surface area contributed by atoms with Gasteiger partial charge in [0.1, 0.15) is 12.8 Å². The maximum Gasteiger partial charge on any atom is 0.278 e. The van der Waals surface area contributed by atoms with Gasteiger partial charge in [0.15, 0.2) is 11.4 Å². The first-order chi connectivity index (χ1) is 15.7. The van der Waals surface area contributed by atoms with E-state index in [0.717, 1.165) is 12.0 Å². The minimum Gasteiger partial charge on any atom is -0.482 e. The van der Waals surface area contributed by atoms with Gasteiger partial charge in [-0.1, -0.05) is 60.7 Å². The van der Waals surface area contributed by atoms with Gasteiger partial charge in [-0.25, -0.2) is 0 Å². The number of aromatic nitrogens is 1. The van der Waals surface area contributed by atoms with E-state index in [4.69, 9.17) is 9.47 Å². The van der Waals surface area contributed by atoms with Gasteiger partial charge >= 0.3 is 0 Å². The highest BCUT2D eigenvalue weighted by Gasteiger charge is 2.41. The number of nitrogens with zero attached hydrogens (tertiary/aromatic N) is 3. The van der Waals surface area contributed by atoms with Crippen LogP contribution >= 0.6 is 0 Å². The van der Waals surface area contributed by atoms with E-state index < -0.39 is 0 Å². The summed E-state index contributed by atoms with van der Waals surface area (Å²) in [6.07, 6.45) is 2.24. The number of ether oxygens (including phenoxy) is 2. The van der Waals surface area contributed by atoms with Gasteiger partial charge in [-0.2, -0.15) is 0 Å². The fourth-order valence-electron chi connectivity index (χ4n) is 4.29. The smallest absolute Gasteiger partial charge is 0.278 e. The lowest BCUT2D eigenvalue weighted by atomic mass is 10.1. The van der Waals surface area contributed by atoms with Crippen molar-refractivity contribution in [1.82, 2.24) is 9.58 Å². The first-order valence-electron chi connectivity index (χ1n) is 10.8. The van der Waals surface area contributed by atoms with Gasteiger partial charge in [-0.3, -0.25) is 19.3 Å². The summed E-state index contributed by atoms with van der Waals surface area (Å²) in [6, 6.07) is 21.3. The second-order valence-electron chi connectivity index (χ2n) is 7.93. The molecule has 0 bridgehead atoms. The van der Waals surface area contributed by atoms with Crippen LogP contribution < -0.4 is 15.2 Å². The zero-order valence-electron chi connectivity index (χ0n) is 17.7. The number of hydrogen-bond acceptors (Lipinski definition) is 5. The Morgan fingerprint density at radius 2 is 1.66 bits per heavy atom. The molecular weight excluding hydrogens is 406 g/mol. The van der Waals surface area contributed by atoms with E-state index in [1.54, 1.807) is 15.8 Å². The Bertz CT molecular complexity index is 1150. The first-order valence-corrected chi connectivity index (χ1v) is 10.8. The maximum atomic E-state index is 13.5. The number of hydrogen-bond donors (Lipinski definition) is 0. The van der Waals surface area contributed by atoms with E-state index in [0.29, 0.717) is 26.3 Å². The second-order valence-corrected chi connectivity index (χ2v) is 7.93. The topological polar surface area (TPSA) is 64.0 Å². The van der Waals surface area contributed by atoms with Crippen molar-refractivity contribution in [2.24, 2.45) is 0 Å². The third kappa shape index (κ3) is 3.87. The van der Waals surface area contributed by atoms with Gasteiger partial charge in [0.25, 0.3) is 5.91 Å². The standard InChI is InChI=1S/C25H25N3O4/c29-21-12-14-28-23(24(21)32-17-20-9-5-2-6-10-20)25(30)26-15-16-31-18-22(26)27(28)13-11-19-7-3-1-4-8-19/h1-10,12,14,22H,11,13,15-18H2/t22-/m1/s1. The fraction of sp³-hybridized carbons (Fsp3) is 0.280. The monoisotopic (exact) mass is 431 g/mol. The molecule has 7 heteroatoms. The molecule has 5 rings (SSSR count). The summed E-state index contributed by atoms with van der Waals surface area (Å²) in [4.78, 5) is 28.0. The van der Waals surface area contributed by atoms with Crippen LogP contribution in [0, 0.1) is 0 Å². The summed E-state index contributed by atoms with van der Waals surface area (Å²) < 4.78 is 13.4. The maximum absolute atomic E-state index is 13.5. The number of pyridine rings is 1. The molecule has 32 heavy (non-hydrogen) atoms. The number of fused-ring (bicyclic) bond motifs is 2. The Kier molecular flexibility index (Phi) is 5.64. The van der Waals surface area contributed by atoms with Gasteiger partial charge in [-0.15, -0.1) is 0 Å². The number of morpholine rings is 1. The highest BCUT2D eigenvalue weighted by molar-refractivity contribution is 5.96. The average molecular weight is 431 g/mol. The summed E-state index contributed by atoms with van der Waals surface area (Å²) in [5.74, 6) is -0.106. The van der Waals surface area contributed by atoms with Crippen LogP contribution in [-0.2, 0) is 17.8 Å². The molecule has 0 N–H and O–H groups in total. The molecule has 0 spiro atoms. The van der Waals surface area contributed by atoms with E-state index in [9.17, 15) is 9.59 Å². The van der Waals surface area contributed by atoms with Crippen molar-refractivity contribution in [2.45, 2.75) is 19.2 Å². The van der Waals surface area contributed by atoms with E-state index in [2.05, 4.69) is 17.1 Å². The van der Waals surface area contributed by atoms with Crippen molar-refractivity contribution in [3.63, 3.8) is 0 Å². The Labute approximate surface area is 186 Å². The zero-order valence-corrected chi connectivity index (χ0v) is 17.7. The predicted molar refractivity (Wildman–Crippen MR) is 120 cm³/mol. The van der Waals surface area contributed by atoms with Crippen molar-refractivity contribution < 1.29 is 14.3 Å². The molecule has 0 radical (unpaired) electrons. The molecule has 1 atom stereocenters. The molecule has 2 aromatic carbocycles. The molecule has 3 aromatic rings. The van der Waals surface area contributed by atoms with Crippen molar-refractivity contribution in [1.29, 1.82) is 0 Å². The highest BCUT2D eigenvalue weighted by Crippen LogP contribution is 2.27. The van der Waals surface area contributed by atoms with Gasteiger partial charge in [0.05, 0.1) is 13.2 Å². The van der Waals surface area contributed by atoms with Gasteiger partial charge in [0, 0.05) is 25.4 Å². The summed E-state index contributed by atoms with van der Waals surface area (Å²) in [5, 5.41) is 2.09. The Balaban J connectivity index is 1.51. The summed E-state index contributed by atoms with van der Waals surface area (Å²) >= 11 is 0. The highest BCUT2D eigenvalue weighted by atomic mass is 16.5. The van der Waals surface area contributed by atoms with Crippen LogP contribution in [0.15, 0.2) is 77.7 Å². The molecule has 1 aromatic heterocycles. The predicted octanol–water partition coefficient (Wildman–Crippen LogP) is 2.42. The lowest BCUT2D eigenvalue weighted by Crippen LogP contribution is -2.65. The summed E-state index contributed by atoms with van der Waals surface area (Å²) in [6.45, 7) is 2.26. The van der Waals surface area contributed by atoms with Crippen LogP contribution in [0.1, 0.15) is 21.6 Å². The molecule has 7 nitrogen and oxygen atoms in total. The average Bonchev–Trinajstić information content (AvgIpc) is 2.84. The van der Waals surface area contributed by atoms with E-state index in [1.165, 1.54) is 11.6 Å². The molecule has 1 amide bonds. The van der Waals surface area contributed by atoms with Gasteiger partial charge in [-0.05, 0) is 17.5 Å². The number of carbonyl (C=O) groups is 1. The van der Waals surface area contributed by atoms with Crippen molar-refractivity contribution in [3.05, 3.63) is 100.0 Å². The molecule has 164 valence electrons. The molecule has 0 unspecified atom stereocenters. The molecule has 1 fully saturated rings. The summed E-state index contributed by atoms with van der Waals surface area (Å²) in [7, 11) is 0. The van der Waals surface area contributed by atoms with E-state index in [-0.39, 0.29) is 35.6 Å². The number of amides is 1. The van der Waals surface area contributed by atoms with Crippen molar-refractivity contribution >= 4 is 5.91 Å². The summed E-state index contributed by atoms with van der Waals surface area (Å²) in [5.41, 5.74) is 2.12. The van der Waals surface area contributed by atoms with Crippen LogP contribution in [-0.4, -0.2) is 48.0 Å². The third-order valence-electron chi connectivity index (χ3n) is 5.92. The van der Waals surface area contributed by atoms with Crippen LogP contribution in [0.3, 0.4) is 0 Å². The molecule has 0 saturated carbocycles. The second kappa shape index (κ2) is 8.88. The lowest BCUT2D eigenvalue weighted by Gasteiger charge is -2.48. The number of carbonyl (C=O) groups excluding carboxylic acids is 1. The quantitative estimate of drug-likeness (QED) is 0.600. The van der Waals surface area contributed by atoms with Gasteiger partial charge < -0.3 is 14.4 Å². The number of benzene rings is 2. The molecule has 3 heterocycles. The lowest BCUT2D eigenvalue weighted by molar-refractivity contribution is -0.0172. The molecular formula is C25H25N3O4. The SMILES string of the molecule is O=C1c2c(OCc3ccccc3)c(=O)ccn2N(CCc2ccccc2)[C@@H]2COCCN12. The Morgan fingerprint density at radius 1 is 0.938 bits per heavy atom. The van der Waals surface area contributed by atoms with Crippen molar-refractivity contribution in [3.8, 4) is 5.75 Å². The van der Waals surface area contributed by atoms with Crippen molar-refractivity contribution in [2.75, 3.05) is 31.3 Å². The Hall–Kier alpha value is -3.58. The van der Waals surface area contributed by atoms with E-state index in [1.807, 2.05) is 48.5 Å². The van der Waals surface area contributed by atoms with E-state index >= 15 is 0 Å². The largest absolute Gasteiger partial charge is 0.482 e. The molecule has 2 aliphatic heterocycles. The third-order valence-corrected chi connectivity index (χ3v) is 5.92. The normalized spacial score (nSPS) is 17.6. The van der Waals surface area contributed by atoms with Gasteiger partial charge in [0.2, 0.25) is 5.43 Å². The minimum absolute atomic E-state index is 0.0935. The van der Waals surface area contributed by atoms with Crippen LogP contribution in [0.5, 0.6) is 5.75 Å². The molecule has 0 aliphatic carbocycles. The van der Waals surface area contributed by atoms with Crippen LogP contribution in [0.25, 0.3) is 0 Å². The first kappa shape index (κ1) is 20.3. The minimum atomic E-state index is -0.296. The zero-order chi connectivity index (χ0) is 21.9.